The molecular formula is C19H26N4OS. The van der Waals surface area contributed by atoms with Crippen molar-refractivity contribution in [2.75, 3.05) is 24.5 Å². The van der Waals surface area contributed by atoms with E-state index in [0.29, 0.717) is 0 Å². The number of hydrogen-bond acceptors (Lipinski definition) is 5. The Morgan fingerprint density at radius 1 is 1.24 bits per heavy atom. The van der Waals surface area contributed by atoms with Gasteiger partial charge in [-0.1, -0.05) is 6.42 Å². The summed E-state index contributed by atoms with van der Waals surface area (Å²) in [6.45, 7) is 2.70. The second-order valence-electron chi connectivity index (χ2n) is 7.45. The number of rotatable bonds is 3. The molecule has 1 aromatic rings. The molecule has 0 saturated carbocycles. The molecule has 1 aromatic heterocycles. The fourth-order valence-corrected chi connectivity index (χ4v) is 5.70. The van der Waals surface area contributed by atoms with Gasteiger partial charge in [0.15, 0.2) is 0 Å². The molecule has 2 N–H and O–H groups in total. The number of anilines is 1. The molecule has 2 atom stereocenters. The zero-order valence-corrected chi connectivity index (χ0v) is 15.5. The molecule has 3 aliphatic rings. The Morgan fingerprint density at radius 3 is 2.92 bits per heavy atom. The summed E-state index contributed by atoms with van der Waals surface area (Å²) in [6, 6.07) is 2.63. The monoisotopic (exact) mass is 358 g/mol. The van der Waals surface area contributed by atoms with Crippen LogP contribution in [0.5, 0.6) is 0 Å². The van der Waals surface area contributed by atoms with Crippen molar-refractivity contribution >= 4 is 22.2 Å². The number of carbonyl (C=O) groups is 1. The minimum Gasteiger partial charge on any atom is -0.360 e. The molecule has 0 bridgehead atoms. The van der Waals surface area contributed by atoms with Gasteiger partial charge in [0.05, 0.1) is 11.6 Å². The summed E-state index contributed by atoms with van der Waals surface area (Å²) in [4.78, 5) is 16.2. The van der Waals surface area contributed by atoms with Gasteiger partial charge in [-0.05, 0) is 57.1 Å². The highest BCUT2D eigenvalue weighted by molar-refractivity contribution is 7.16. The van der Waals surface area contributed by atoms with E-state index in [1.165, 1.54) is 29.7 Å². The Hall–Kier alpha value is -1.58. The lowest BCUT2D eigenvalue weighted by Gasteiger charge is -2.24. The van der Waals surface area contributed by atoms with Crippen LogP contribution in [0.2, 0.25) is 0 Å². The van der Waals surface area contributed by atoms with E-state index in [0.717, 1.165) is 62.3 Å². The summed E-state index contributed by atoms with van der Waals surface area (Å²) in [5, 5.41) is 17.3. The van der Waals surface area contributed by atoms with Crippen LogP contribution in [0, 0.1) is 11.3 Å². The zero-order chi connectivity index (χ0) is 17.2. The summed E-state index contributed by atoms with van der Waals surface area (Å²) in [6.07, 6.45) is 8.82. The molecule has 3 heterocycles. The molecule has 5 nitrogen and oxygen atoms in total. The van der Waals surface area contributed by atoms with Crippen LogP contribution in [0.1, 0.15) is 54.5 Å². The summed E-state index contributed by atoms with van der Waals surface area (Å²) in [5.74, 6) is 0.150. The van der Waals surface area contributed by atoms with E-state index < -0.39 is 0 Å². The van der Waals surface area contributed by atoms with Crippen LogP contribution < -0.4 is 15.5 Å². The smallest absolute Gasteiger partial charge is 0.237 e. The van der Waals surface area contributed by atoms with Gasteiger partial charge in [-0.25, -0.2) is 0 Å². The number of thiophene rings is 1. The van der Waals surface area contributed by atoms with Crippen molar-refractivity contribution in [2.24, 2.45) is 0 Å². The summed E-state index contributed by atoms with van der Waals surface area (Å²) in [7, 11) is 0. The van der Waals surface area contributed by atoms with Crippen molar-refractivity contribution in [1.82, 2.24) is 10.6 Å². The molecule has 0 spiro atoms. The van der Waals surface area contributed by atoms with Crippen molar-refractivity contribution in [3.63, 3.8) is 0 Å². The normalized spacial score (nSPS) is 26.1. The lowest BCUT2D eigenvalue weighted by molar-refractivity contribution is -0.124. The van der Waals surface area contributed by atoms with E-state index in [4.69, 9.17) is 0 Å². The van der Waals surface area contributed by atoms with E-state index in [9.17, 15) is 10.1 Å². The molecule has 2 aliphatic heterocycles. The Morgan fingerprint density at radius 2 is 2.12 bits per heavy atom. The Bertz CT molecular complexity index is 686. The predicted molar refractivity (Wildman–Crippen MR) is 100 cm³/mol. The van der Waals surface area contributed by atoms with Crippen molar-refractivity contribution in [2.45, 2.75) is 63.5 Å². The Kier molecular flexibility index (Phi) is 4.96. The van der Waals surface area contributed by atoms with E-state index in [2.05, 4.69) is 21.6 Å². The van der Waals surface area contributed by atoms with Crippen LogP contribution in [0.15, 0.2) is 0 Å². The third kappa shape index (κ3) is 3.40. The number of hydrogen-bond donors (Lipinski definition) is 2. The van der Waals surface area contributed by atoms with Gasteiger partial charge in [-0.2, -0.15) is 5.26 Å². The standard InChI is InChI=1S/C19H26N4OS/c20-11-15-14-5-1-2-7-17(14)25-19(15)23-10-8-13(12-23)22-18(24)16-6-3-4-9-21-16/h13,16,21H,1-10,12H2,(H,22,24)/t13-,16-/m0/s1. The van der Waals surface area contributed by atoms with E-state index >= 15 is 0 Å². The number of nitrogens with one attached hydrogen (secondary N) is 2. The first-order chi connectivity index (χ1) is 12.3. The van der Waals surface area contributed by atoms with E-state index in [1.807, 2.05) is 11.3 Å². The maximum atomic E-state index is 12.4. The molecule has 0 radical (unpaired) electrons. The lowest BCUT2D eigenvalue weighted by Crippen LogP contribution is -2.50. The molecule has 25 heavy (non-hydrogen) atoms. The Labute approximate surface area is 153 Å². The van der Waals surface area contributed by atoms with Gasteiger partial charge in [-0.15, -0.1) is 11.3 Å². The third-order valence-corrected chi connectivity index (χ3v) is 7.07. The van der Waals surface area contributed by atoms with Crippen LogP contribution in [-0.2, 0) is 17.6 Å². The van der Waals surface area contributed by atoms with Gasteiger partial charge in [0.25, 0.3) is 0 Å². The SMILES string of the molecule is N#Cc1c(N2CC[C@H](NC(=O)[C@@H]3CCCCN3)C2)sc2c1CCCC2. The fourth-order valence-electron chi connectivity index (χ4n) is 4.33. The van der Waals surface area contributed by atoms with Crippen LogP contribution in [0.3, 0.4) is 0 Å². The lowest BCUT2D eigenvalue weighted by atomic mass is 9.96. The second kappa shape index (κ2) is 7.35. The van der Waals surface area contributed by atoms with Crippen molar-refractivity contribution in [3.8, 4) is 6.07 Å². The molecule has 4 rings (SSSR count). The third-order valence-electron chi connectivity index (χ3n) is 5.71. The molecule has 134 valence electrons. The minimum absolute atomic E-state index is 0.0217. The maximum absolute atomic E-state index is 12.4. The highest BCUT2D eigenvalue weighted by Crippen LogP contribution is 2.40. The van der Waals surface area contributed by atoms with Crippen LogP contribution in [-0.4, -0.2) is 37.6 Å². The molecule has 2 fully saturated rings. The molecule has 1 amide bonds. The summed E-state index contributed by atoms with van der Waals surface area (Å²) < 4.78 is 0. The number of nitrogens with zero attached hydrogens (tertiary/aromatic N) is 2. The molecule has 0 aromatic carbocycles. The van der Waals surface area contributed by atoms with Gasteiger partial charge in [0, 0.05) is 24.0 Å². The minimum atomic E-state index is -0.0217. The zero-order valence-electron chi connectivity index (χ0n) is 14.6. The van der Waals surface area contributed by atoms with Gasteiger partial charge in [0.1, 0.15) is 11.1 Å². The van der Waals surface area contributed by atoms with Gasteiger partial charge in [0.2, 0.25) is 5.91 Å². The number of piperidine rings is 1. The maximum Gasteiger partial charge on any atom is 0.237 e. The number of fused-ring (bicyclic) bond motifs is 1. The fraction of sp³-hybridized carbons (Fsp3) is 0.684. The molecular weight excluding hydrogens is 332 g/mol. The Balaban J connectivity index is 1.42. The average Bonchev–Trinajstić information content (AvgIpc) is 3.26. The average molecular weight is 359 g/mol. The first kappa shape index (κ1) is 16.9. The molecule has 2 saturated heterocycles. The number of carbonyl (C=O) groups excluding carboxylic acids is 1. The topological polar surface area (TPSA) is 68.2 Å². The van der Waals surface area contributed by atoms with Crippen molar-refractivity contribution in [1.29, 1.82) is 5.26 Å². The van der Waals surface area contributed by atoms with Crippen LogP contribution in [0.25, 0.3) is 0 Å². The van der Waals surface area contributed by atoms with Crippen LogP contribution in [0.4, 0.5) is 5.00 Å². The highest BCUT2D eigenvalue weighted by Gasteiger charge is 2.31. The van der Waals surface area contributed by atoms with Crippen molar-refractivity contribution < 1.29 is 4.79 Å². The summed E-state index contributed by atoms with van der Waals surface area (Å²) in [5.41, 5.74) is 2.20. The first-order valence-corrected chi connectivity index (χ1v) is 10.4. The number of nitriles is 1. The van der Waals surface area contributed by atoms with E-state index in [-0.39, 0.29) is 18.0 Å². The summed E-state index contributed by atoms with van der Waals surface area (Å²) >= 11 is 1.81. The molecule has 1 aliphatic carbocycles. The van der Waals surface area contributed by atoms with Gasteiger partial charge < -0.3 is 15.5 Å². The van der Waals surface area contributed by atoms with Crippen molar-refractivity contribution in [3.05, 3.63) is 16.0 Å². The predicted octanol–water partition coefficient (Wildman–Crippen LogP) is 2.34. The van der Waals surface area contributed by atoms with Gasteiger partial charge in [-0.3, -0.25) is 4.79 Å². The largest absolute Gasteiger partial charge is 0.360 e. The molecule has 0 unspecified atom stereocenters. The second-order valence-corrected chi connectivity index (χ2v) is 8.53. The quantitative estimate of drug-likeness (QED) is 0.870. The van der Waals surface area contributed by atoms with E-state index in [1.54, 1.807) is 0 Å². The number of aryl methyl sites for hydroxylation is 1. The van der Waals surface area contributed by atoms with Crippen LogP contribution >= 0.6 is 11.3 Å². The highest BCUT2D eigenvalue weighted by atomic mass is 32.1. The first-order valence-electron chi connectivity index (χ1n) is 9.59. The molecule has 6 heteroatoms. The number of amides is 1. The van der Waals surface area contributed by atoms with Gasteiger partial charge >= 0.3 is 0 Å².